The van der Waals surface area contributed by atoms with Crippen LogP contribution in [-0.2, 0) is 30.5 Å². The maximum atomic E-state index is 13.7. The van der Waals surface area contributed by atoms with Crippen molar-refractivity contribution in [3.8, 4) is 0 Å². The summed E-state index contributed by atoms with van der Waals surface area (Å²) in [4.78, 5) is 42.2. The second-order valence-electron chi connectivity index (χ2n) is 12.1. The zero-order valence-electron chi connectivity index (χ0n) is 23.9. The van der Waals surface area contributed by atoms with Gasteiger partial charge in [0.15, 0.2) is 0 Å². The summed E-state index contributed by atoms with van der Waals surface area (Å²) in [6, 6.07) is 9.31. The Balaban J connectivity index is 1.68. The van der Waals surface area contributed by atoms with Gasteiger partial charge in [0.1, 0.15) is 11.6 Å². The first kappa shape index (κ1) is 29.9. The summed E-state index contributed by atoms with van der Waals surface area (Å²) < 4.78 is 11.8. The van der Waals surface area contributed by atoms with Crippen LogP contribution >= 0.6 is 0 Å². The van der Waals surface area contributed by atoms with Crippen molar-refractivity contribution in [1.82, 2.24) is 10.2 Å². The number of hydrogen-bond donors (Lipinski definition) is 1. The fourth-order valence-corrected chi connectivity index (χ4v) is 5.38. The molecular formula is C31H46N2O5. The summed E-state index contributed by atoms with van der Waals surface area (Å²) in [6.07, 6.45) is 7.04. The highest BCUT2D eigenvalue weighted by Gasteiger charge is 2.41. The first-order valence-corrected chi connectivity index (χ1v) is 14.1. The normalized spacial score (nSPS) is 23.1. The summed E-state index contributed by atoms with van der Waals surface area (Å²) >= 11 is 0. The Morgan fingerprint density at radius 2 is 1.84 bits per heavy atom. The van der Waals surface area contributed by atoms with Crippen LogP contribution in [-0.4, -0.2) is 53.0 Å². The van der Waals surface area contributed by atoms with E-state index < -0.39 is 23.5 Å². The van der Waals surface area contributed by atoms with Crippen LogP contribution in [0, 0.1) is 17.8 Å². The highest BCUT2D eigenvalue weighted by molar-refractivity contribution is 5.91. The SMILES string of the molecule is CCCC(C(=O)OC(C)(C)C)C(CC(C)C)C(=O)NC1CC=CC2CC(OCc3ccccc3)CN2C1=O. The summed E-state index contributed by atoms with van der Waals surface area (Å²) in [5, 5.41) is 3.03. The van der Waals surface area contributed by atoms with Crippen LogP contribution < -0.4 is 5.32 Å². The van der Waals surface area contributed by atoms with Gasteiger partial charge in [0.25, 0.3) is 0 Å². The van der Waals surface area contributed by atoms with E-state index in [9.17, 15) is 14.4 Å². The lowest BCUT2D eigenvalue weighted by molar-refractivity contribution is -0.164. The highest BCUT2D eigenvalue weighted by atomic mass is 16.6. The Hall–Kier alpha value is -2.67. The van der Waals surface area contributed by atoms with E-state index in [4.69, 9.17) is 9.47 Å². The Kier molecular flexibility index (Phi) is 10.5. The van der Waals surface area contributed by atoms with Gasteiger partial charge in [0.05, 0.1) is 30.6 Å². The van der Waals surface area contributed by atoms with Crippen molar-refractivity contribution >= 4 is 17.8 Å². The Bertz CT molecular complexity index is 968. The second-order valence-corrected chi connectivity index (χ2v) is 12.1. The molecule has 0 saturated carbocycles. The van der Waals surface area contributed by atoms with E-state index in [1.54, 1.807) is 0 Å². The number of nitrogens with one attached hydrogen (secondary N) is 1. The van der Waals surface area contributed by atoms with Crippen molar-refractivity contribution in [1.29, 1.82) is 0 Å². The third kappa shape index (κ3) is 8.42. The standard InChI is InChI=1S/C31H46N2O5/c1-7-12-25(30(36)38-31(4,5)6)26(17-21(2)3)28(34)32-27-16-11-15-23-18-24(19-33(23)29(27)35)37-20-22-13-9-8-10-14-22/h8-11,13-15,21,23-27H,7,12,16-20H2,1-6H3,(H,32,34). The minimum absolute atomic E-state index is 0.0359. The summed E-state index contributed by atoms with van der Waals surface area (Å²) in [6.45, 7) is 12.6. The van der Waals surface area contributed by atoms with Crippen LogP contribution in [0.2, 0.25) is 0 Å². The molecule has 7 heteroatoms. The molecule has 0 spiro atoms. The molecule has 38 heavy (non-hydrogen) atoms. The van der Waals surface area contributed by atoms with Crippen molar-refractivity contribution in [2.45, 2.75) is 104 Å². The monoisotopic (exact) mass is 526 g/mol. The van der Waals surface area contributed by atoms with Crippen LogP contribution in [0.3, 0.4) is 0 Å². The zero-order valence-corrected chi connectivity index (χ0v) is 23.9. The molecule has 1 N–H and O–H groups in total. The average molecular weight is 527 g/mol. The molecule has 1 aromatic rings. The van der Waals surface area contributed by atoms with Gasteiger partial charge in [-0.25, -0.2) is 0 Å². The van der Waals surface area contributed by atoms with Gasteiger partial charge in [0.2, 0.25) is 11.8 Å². The first-order valence-electron chi connectivity index (χ1n) is 14.1. The predicted molar refractivity (Wildman–Crippen MR) is 148 cm³/mol. The second kappa shape index (κ2) is 13.4. The quantitative estimate of drug-likeness (QED) is 0.323. The summed E-state index contributed by atoms with van der Waals surface area (Å²) in [5.74, 6) is -1.57. The molecule has 1 fully saturated rings. The van der Waals surface area contributed by atoms with Gasteiger partial charge in [-0.3, -0.25) is 14.4 Å². The molecule has 5 unspecified atom stereocenters. The minimum Gasteiger partial charge on any atom is -0.460 e. The van der Waals surface area contributed by atoms with Crippen molar-refractivity contribution in [3.63, 3.8) is 0 Å². The van der Waals surface area contributed by atoms with Gasteiger partial charge in [-0.15, -0.1) is 0 Å². The molecule has 2 heterocycles. The fraction of sp³-hybridized carbons (Fsp3) is 0.645. The maximum absolute atomic E-state index is 13.7. The topological polar surface area (TPSA) is 84.9 Å². The number of hydrogen-bond acceptors (Lipinski definition) is 5. The van der Waals surface area contributed by atoms with E-state index >= 15 is 0 Å². The van der Waals surface area contributed by atoms with Crippen LogP contribution in [0.15, 0.2) is 42.5 Å². The van der Waals surface area contributed by atoms with Gasteiger partial charge < -0.3 is 19.7 Å². The number of carbonyl (C=O) groups excluding carboxylic acids is 3. The number of benzene rings is 1. The van der Waals surface area contributed by atoms with Crippen molar-refractivity contribution in [2.24, 2.45) is 17.8 Å². The molecule has 7 nitrogen and oxygen atoms in total. The zero-order chi connectivity index (χ0) is 27.9. The average Bonchev–Trinajstić information content (AvgIpc) is 3.20. The summed E-state index contributed by atoms with van der Waals surface area (Å²) in [5.41, 5.74) is 0.470. The number of carbonyl (C=O) groups is 3. The van der Waals surface area contributed by atoms with E-state index in [2.05, 4.69) is 11.4 Å². The molecule has 0 radical (unpaired) electrons. The van der Waals surface area contributed by atoms with E-state index in [0.29, 0.717) is 32.4 Å². The van der Waals surface area contributed by atoms with Crippen LogP contribution in [0.1, 0.15) is 79.2 Å². The molecule has 210 valence electrons. The highest BCUT2D eigenvalue weighted by Crippen LogP contribution is 2.30. The molecule has 5 atom stereocenters. The summed E-state index contributed by atoms with van der Waals surface area (Å²) in [7, 11) is 0. The lowest BCUT2D eigenvalue weighted by Crippen LogP contribution is -2.51. The Morgan fingerprint density at radius 1 is 1.13 bits per heavy atom. The predicted octanol–water partition coefficient (Wildman–Crippen LogP) is 5.04. The van der Waals surface area contributed by atoms with Gasteiger partial charge in [-0.1, -0.05) is 69.7 Å². The van der Waals surface area contributed by atoms with E-state index in [0.717, 1.165) is 18.4 Å². The van der Waals surface area contributed by atoms with Crippen molar-refractivity contribution in [2.75, 3.05) is 6.54 Å². The molecule has 2 amide bonds. The minimum atomic E-state index is -0.660. The number of rotatable bonds is 11. The van der Waals surface area contributed by atoms with Crippen molar-refractivity contribution < 1.29 is 23.9 Å². The lowest BCUT2D eigenvalue weighted by atomic mass is 9.81. The first-order chi connectivity index (χ1) is 18.0. The van der Waals surface area contributed by atoms with E-state index in [1.807, 2.05) is 82.9 Å². The molecular weight excluding hydrogens is 480 g/mol. The van der Waals surface area contributed by atoms with Crippen LogP contribution in [0.25, 0.3) is 0 Å². The fourth-order valence-electron chi connectivity index (χ4n) is 5.38. The van der Waals surface area contributed by atoms with E-state index in [-0.39, 0.29) is 35.8 Å². The van der Waals surface area contributed by atoms with E-state index in [1.165, 1.54) is 0 Å². The molecule has 0 aliphatic carbocycles. The third-order valence-electron chi connectivity index (χ3n) is 7.12. The van der Waals surface area contributed by atoms with Gasteiger partial charge >= 0.3 is 5.97 Å². The lowest BCUT2D eigenvalue weighted by Gasteiger charge is -2.31. The molecule has 0 aromatic heterocycles. The smallest absolute Gasteiger partial charge is 0.310 e. The molecule has 0 bridgehead atoms. The Labute approximate surface area is 228 Å². The molecule has 3 rings (SSSR count). The molecule has 2 aliphatic rings. The van der Waals surface area contributed by atoms with Gasteiger partial charge in [-0.2, -0.15) is 0 Å². The number of ether oxygens (including phenoxy) is 2. The van der Waals surface area contributed by atoms with Gasteiger partial charge in [-0.05, 0) is 57.9 Å². The Morgan fingerprint density at radius 3 is 2.47 bits per heavy atom. The largest absolute Gasteiger partial charge is 0.460 e. The van der Waals surface area contributed by atoms with Crippen LogP contribution in [0.4, 0.5) is 0 Å². The molecule has 1 aromatic carbocycles. The number of nitrogens with zero attached hydrogens (tertiary/aromatic N) is 1. The van der Waals surface area contributed by atoms with Crippen molar-refractivity contribution in [3.05, 3.63) is 48.0 Å². The third-order valence-corrected chi connectivity index (χ3v) is 7.12. The number of fused-ring (bicyclic) bond motifs is 1. The van der Waals surface area contributed by atoms with Crippen LogP contribution in [0.5, 0.6) is 0 Å². The number of esters is 1. The molecule has 2 aliphatic heterocycles. The van der Waals surface area contributed by atoms with Gasteiger partial charge in [0, 0.05) is 6.54 Å². The number of amides is 2. The maximum Gasteiger partial charge on any atom is 0.310 e. The molecule has 1 saturated heterocycles.